The van der Waals surface area contributed by atoms with Crippen LogP contribution >= 0.6 is 0 Å². The van der Waals surface area contributed by atoms with Gasteiger partial charge in [0.2, 0.25) is 0 Å². The van der Waals surface area contributed by atoms with Gasteiger partial charge in [-0.05, 0) is 98.4 Å². The lowest BCUT2D eigenvalue weighted by atomic mass is 9.44. The number of allylic oxidation sites excluding steroid dienone is 2. The maximum absolute atomic E-state index is 11.4. The van der Waals surface area contributed by atoms with Gasteiger partial charge in [-0.1, -0.05) is 25.1 Å². The summed E-state index contributed by atoms with van der Waals surface area (Å²) in [5.74, 6) is 2.81. The number of hydrogen-bond acceptors (Lipinski definition) is 4. The Morgan fingerprint density at radius 2 is 1.93 bits per heavy atom. The first kappa shape index (κ1) is 19.0. The van der Waals surface area contributed by atoms with Crippen molar-refractivity contribution in [2.45, 2.75) is 85.2 Å². The predicted octanol–water partition coefficient (Wildman–Crippen LogP) is 5.35. The van der Waals surface area contributed by atoms with E-state index in [-0.39, 0.29) is 17.5 Å². The molecule has 4 aliphatic rings. The van der Waals surface area contributed by atoms with Gasteiger partial charge in [0.1, 0.15) is 6.10 Å². The molecule has 0 aromatic rings. The number of carbonyl (C=O) groups excluding carboxylic acids is 1. The molecular weight excluding hydrogens is 338 g/mol. The second-order valence-corrected chi connectivity index (χ2v) is 10.2. The minimum absolute atomic E-state index is 0.129. The van der Waals surface area contributed by atoms with E-state index in [1.165, 1.54) is 44.6 Å². The molecule has 0 amide bonds. The second kappa shape index (κ2) is 6.63. The SMILES string of the molecule is CC(=O)O[C@H]1CC[C@@]2(C)[C@@H](CC[C@@H]3[C@H]2CC[C@]2(C)C(/C(C)=N\O)=CC[C@@H]32)C1. The fraction of sp³-hybridized carbons (Fsp3) is 0.826. The Kier molecular flexibility index (Phi) is 4.67. The number of ether oxygens (including phenoxy) is 1. The van der Waals surface area contributed by atoms with Crippen LogP contribution in [-0.4, -0.2) is 23.0 Å². The van der Waals surface area contributed by atoms with E-state index < -0.39 is 0 Å². The lowest BCUT2D eigenvalue weighted by molar-refractivity contribution is -0.158. The van der Waals surface area contributed by atoms with E-state index in [1.54, 1.807) is 0 Å². The van der Waals surface area contributed by atoms with Crippen molar-refractivity contribution in [1.82, 2.24) is 0 Å². The Balaban J connectivity index is 1.54. The van der Waals surface area contributed by atoms with Crippen LogP contribution in [0.15, 0.2) is 16.8 Å². The predicted molar refractivity (Wildman–Crippen MR) is 106 cm³/mol. The summed E-state index contributed by atoms with van der Waals surface area (Å²) in [6.45, 7) is 8.42. The number of rotatable bonds is 2. The number of fused-ring (bicyclic) bond motifs is 5. The highest BCUT2D eigenvalue weighted by atomic mass is 16.5. The molecule has 4 aliphatic carbocycles. The van der Waals surface area contributed by atoms with E-state index in [1.807, 2.05) is 6.92 Å². The van der Waals surface area contributed by atoms with Crippen LogP contribution in [0.2, 0.25) is 0 Å². The van der Waals surface area contributed by atoms with Gasteiger partial charge in [-0.25, -0.2) is 0 Å². The zero-order chi connectivity index (χ0) is 19.4. The molecule has 0 unspecified atom stereocenters. The van der Waals surface area contributed by atoms with Gasteiger partial charge in [-0.3, -0.25) is 4.79 Å². The molecule has 0 aromatic heterocycles. The van der Waals surface area contributed by atoms with Crippen molar-refractivity contribution in [1.29, 1.82) is 0 Å². The summed E-state index contributed by atoms with van der Waals surface area (Å²) in [5, 5.41) is 12.9. The molecule has 4 nitrogen and oxygen atoms in total. The van der Waals surface area contributed by atoms with Crippen molar-refractivity contribution in [2.75, 3.05) is 0 Å². The first-order chi connectivity index (χ1) is 12.8. The smallest absolute Gasteiger partial charge is 0.302 e. The summed E-state index contributed by atoms with van der Waals surface area (Å²) >= 11 is 0. The maximum atomic E-state index is 11.4. The number of nitrogens with zero attached hydrogens (tertiary/aromatic N) is 1. The van der Waals surface area contributed by atoms with Crippen LogP contribution in [0.4, 0.5) is 0 Å². The highest BCUT2D eigenvalue weighted by Gasteiger charge is 2.59. The first-order valence-electron chi connectivity index (χ1n) is 10.9. The van der Waals surface area contributed by atoms with Crippen LogP contribution in [0, 0.1) is 34.5 Å². The van der Waals surface area contributed by atoms with Gasteiger partial charge in [-0.15, -0.1) is 0 Å². The van der Waals surface area contributed by atoms with Gasteiger partial charge < -0.3 is 9.94 Å². The van der Waals surface area contributed by atoms with Crippen molar-refractivity contribution in [2.24, 2.45) is 39.7 Å². The van der Waals surface area contributed by atoms with E-state index in [9.17, 15) is 10.0 Å². The Morgan fingerprint density at radius 3 is 2.63 bits per heavy atom. The zero-order valence-electron chi connectivity index (χ0n) is 17.3. The lowest BCUT2D eigenvalue weighted by Crippen LogP contribution is -2.54. The normalized spacial score (nSPS) is 46.7. The van der Waals surface area contributed by atoms with Gasteiger partial charge >= 0.3 is 5.97 Å². The fourth-order valence-electron chi connectivity index (χ4n) is 7.74. The molecule has 0 aliphatic heterocycles. The van der Waals surface area contributed by atoms with E-state index in [0.29, 0.717) is 17.3 Å². The molecule has 0 spiro atoms. The van der Waals surface area contributed by atoms with Gasteiger partial charge in [0.05, 0.1) is 5.71 Å². The molecule has 0 aromatic carbocycles. The van der Waals surface area contributed by atoms with E-state index in [4.69, 9.17) is 4.74 Å². The molecule has 1 N–H and O–H groups in total. The standard InChI is InChI=1S/C23H35NO3/c1-14(24-26)19-7-8-20-18-6-5-16-13-17(27-15(2)25)9-11-22(16,3)21(18)10-12-23(19,20)4/h7,16-18,20-21,26H,5-6,8-13H2,1-4H3/b24-14-/t16-,17-,18-,20-,21+,22-,23+/m0/s1. The fourth-order valence-corrected chi connectivity index (χ4v) is 7.74. The van der Waals surface area contributed by atoms with E-state index >= 15 is 0 Å². The summed E-state index contributed by atoms with van der Waals surface area (Å²) < 4.78 is 5.58. The van der Waals surface area contributed by atoms with Gasteiger partial charge in [0, 0.05) is 6.92 Å². The van der Waals surface area contributed by atoms with Crippen LogP contribution < -0.4 is 0 Å². The highest BCUT2D eigenvalue weighted by Crippen LogP contribution is 2.66. The average molecular weight is 374 g/mol. The molecule has 3 saturated carbocycles. The molecule has 3 fully saturated rings. The molecule has 4 rings (SSSR count). The van der Waals surface area contributed by atoms with Crippen LogP contribution in [0.5, 0.6) is 0 Å². The molecule has 0 saturated heterocycles. The van der Waals surface area contributed by atoms with Gasteiger partial charge in [0.15, 0.2) is 0 Å². The molecule has 27 heavy (non-hydrogen) atoms. The summed E-state index contributed by atoms with van der Waals surface area (Å²) in [6.07, 6.45) is 11.9. The topological polar surface area (TPSA) is 58.9 Å². The van der Waals surface area contributed by atoms with Gasteiger partial charge in [-0.2, -0.15) is 0 Å². The Bertz CT molecular complexity index is 683. The van der Waals surface area contributed by atoms with Crippen molar-refractivity contribution < 1.29 is 14.7 Å². The quantitative estimate of drug-likeness (QED) is 0.307. The van der Waals surface area contributed by atoms with Crippen LogP contribution in [0.1, 0.15) is 79.1 Å². The number of carbonyl (C=O) groups is 1. The molecule has 0 heterocycles. The van der Waals surface area contributed by atoms with Crippen molar-refractivity contribution >= 4 is 11.7 Å². The van der Waals surface area contributed by atoms with Crippen molar-refractivity contribution in [3.63, 3.8) is 0 Å². The van der Waals surface area contributed by atoms with E-state index in [0.717, 1.165) is 36.8 Å². The summed E-state index contributed by atoms with van der Waals surface area (Å²) in [6, 6.07) is 0. The number of hydrogen-bond donors (Lipinski definition) is 1. The van der Waals surface area contributed by atoms with Crippen LogP contribution in [0.25, 0.3) is 0 Å². The Morgan fingerprint density at radius 1 is 1.15 bits per heavy atom. The monoisotopic (exact) mass is 373 g/mol. The third-order valence-electron chi connectivity index (χ3n) is 9.07. The Hall–Kier alpha value is -1.32. The zero-order valence-corrected chi connectivity index (χ0v) is 17.3. The minimum Gasteiger partial charge on any atom is -0.463 e. The third kappa shape index (κ3) is 2.86. The maximum Gasteiger partial charge on any atom is 0.302 e. The molecule has 4 heteroatoms. The molecular formula is C23H35NO3. The van der Waals surface area contributed by atoms with E-state index in [2.05, 4.69) is 25.1 Å². The minimum atomic E-state index is -0.129. The van der Waals surface area contributed by atoms with Crippen LogP contribution in [-0.2, 0) is 9.53 Å². The summed E-state index contributed by atoms with van der Waals surface area (Å²) in [5.41, 5.74) is 2.67. The number of esters is 1. The number of oxime groups is 1. The lowest BCUT2D eigenvalue weighted by Gasteiger charge is -2.60. The van der Waals surface area contributed by atoms with Crippen molar-refractivity contribution in [3.8, 4) is 0 Å². The molecule has 150 valence electrons. The second-order valence-electron chi connectivity index (χ2n) is 10.2. The third-order valence-corrected chi connectivity index (χ3v) is 9.07. The molecule has 0 radical (unpaired) electrons. The molecule has 0 bridgehead atoms. The summed E-state index contributed by atoms with van der Waals surface area (Å²) in [7, 11) is 0. The first-order valence-corrected chi connectivity index (χ1v) is 10.9. The highest BCUT2D eigenvalue weighted by molar-refractivity contribution is 5.99. The molecule has 7 atom stereocenters. The summed E-state index contributed by atoms with van der Waals surface area (Å²) in [4.78, 5) is 11.4. The van der Waals surface area contributed by atoms with Crippen LogP contribution in [0.3, 0.4) is 0 Å². The van der Waals surface area contributed by atoms with Gasteiger partial charge in [0.25, 0.3) is 0 Å². The average Bonchev–Trinajstić information content (AvgIpc) is 2.98. The Labute approximate surface area is 163 Å². The van der Waals surface area contributed by atoms with Crippen molar-refractivity contribution in [3.05, 3.63) is 11.6 Å². The largest absolute Gasteiger partial charge is 0.463 e.